The van der Waals surface area contributed by atoms with Gasteiger partial charge >= 0.3 is 5.97 Å². The fraction of sp³-hybridized carbons (Fsp3) is 0.364. The van der Waals surface area contributed by atoms with E-state index < -0.39 is 12.1 Å². The predicted octanol–water partition coefficient (Wildman–Crippen LogP) is 2.05. The molecule has 1 aromatic rings. The largest absolute Gasteiger partial charge is 0.494 e. The van der Waals surface area contributed by atoms with E-state index in [1.165, 1.54) is 0 Å². The van der Waals surface area contributed by atoms with Crippen LogP contribution in [0.3, 0.4) is 0 Å². The molecule has 1 N–H and O–H groups in total. The number of ether oxygens (including phenoxy) is 1. The maximum Gasteiger partial charge on any atom is 0.338 e. The lowest BCUT2D eigenvalue weighted by Gasteiger charge is -2.05. The third-order valence-corrected chi connectivity index (χ3v) is 1.92. The Morgan fingerprint density at radius 1 is 1.47 bits per heavy atom. The first-order valence-electron chi connectivity index (χ1n) is 4.72. The Morgan fingerprint density at radius 3 is 2.53 bits per heavy atom. The Labute approximate surface area is 87.5 Å². The molecule has 1 unspecified atom stereocenters. The molecular formula is C11H13FO3. The molecule has 15 heavy (non-hydrogen) atoms. The Morgan fingerprint density at radius 2 is 2.07 bits per heavy atom. The minimum Gasteiger partial charge on any atom is -0.494 e. The Bertz CT molecular complexity index is 321. The van der Waals surface area contributed by atoms with Crippen molar-refractivity contribution in [3.63, 3.8) is 0 Å². The zero-order chi connectivity index (χ0) is 11.3. The first-order valence-corrected chi connectivity index (χ1v) is 4.72. The number of benzene rings is 1. The van der Waals surface area contributed by atoms with Gasteiger partial charge in [0.2, 0.25) is 6.17 Å². The highest BCUT2D eigenvalue weighted by atomic mass is 19.1. The summed E-state index contributed by atoms with van der Waals surface area (Å²) in [7, 11) is 0. The van der Waals surface area contributed by atoms with Crippen molar-refractivity contribution in [3.8, 4) is 5.75 Å². The van der Waals surface area contributed by atoms with Crippen molar-refractivity contribution in [2.24, 2.45) is 0 Å². The van der Waals surface area contributed by atoms with E-state index in [-0.39, 0.29) is 6.42 Å². The lowest BCUT2D eigenvalue weighted by Crippen LogP contribution is -2.17. The number of hydrogen-bond donors (Lipinski definition) is 1. The van der Waals surface area contributed by atoms with E-state index >= 15 is 0 Å². The van der Waals surface area contributed by atoms with Crippen LogP contribution in [0.15, 0.2) is 24.3 Å². The van der Waals surface area contributed by atoms with Gasteiger partial charge in [-0.25, -0.2) is 9.18 Å². The van der Waals surface area contributed by atoms with E-state index in [0.29, 0.717) is 17.9 Å². The summed E-state index contributed by atoms with van der Waals surface area (Å²) in [5.41, 5.74) is 0.647. The summed E-state index contributed by atoms with van der Waals surface area (Å²) in [6.07, 6.45) is -1.95. The number of carboxylic acid groups (broad SMARTS) is 1. The molecule has 0 saturated carbocycles. The topological polar surface area (TPSA) is 46.5 Å². The smallest absolute Gasteiger partial charge is 0.338 e. The number of carboxylic acids is 1. The zero-order valence-electron chi connectivity index (χ0n) is 8.44. The molecule has 0 aliphatic rings. The Hall–Kier alpha value is -1.58. The molecule has 4 heteroatoms. The molecule has 0 aromatic heterocycles. The second kappa shape index (κ2) is 5.34. The average molecular weight is 212 g/mol. The highest BCUT2D eigenvalue weighted by molar-refractivity contribution is 5.72. The van der Waals surface area contributed by atoms with Crippen LogP contribution in [0, 0.1) is 0 Å². The number of rotatable bonds is 5. The summed E-state index contributed by atoms with van der Waals surface area (Å²) in [6.45, 7) is 2.44. The second-order valence-electron chi connectivity index (χ2n) is 3.09. The molecule has 1 aromatic carbocycles. The normalized spacial score (nSPS) is 12.1. The van der Waals surface area contributed by atoms with Crippen molar-refractivity contribution >= 4 is 5.97 Å². The highest BCUT2D eigenvalue weighted by Gasteiger charge is 2.15. The number of carbonyl (C=O) groups is 1. The van der Waals surface area contributed by atoms with E-state index in [2.05, 4.69) is 0 Å². The van der Waals surface area contributed by atoms with Gasteiger partial charge in [0.05, 0.1) is 6.61 Å². The quantitative estimate of drug-likeness (QED) is 0.812. The third-order valence-electron chi connectivity index (χ3n) is 1.92. The number of hydrogen-bond acceptors (Lipinski definition) is 2. The lowest BCUT2D eigenvalue weighted by atomic mass is 10.1. The van der Waals surface area contributed by atoms with Crippen LogP contribution in [0.4, 0.5) is 4.39 Å². The van der Waals surface area contributed by atoms with E-state index in [0.717, 1.165) is 0 Å². The summed E-state index contributed by atoms with van der Waals surface area (Å²) in [6, 6.07) is 6.74. The highest BCUT2D eigenvalue weighted by Crippen LogP contribution is 2.14. The Balaban J connectivity index is 2.60. The Kier molecular flexibility index (Phi) is 4.09. The van der Waals surface area contributed by atoms with Crippen molar-refractivity contribution in [2.75, 3.05) is 6.61 Å². The van der Waals surface area contributed by atoms with Gasteiger partial charge in [0, 0.05) is 6.42 Å². The minimum atomic E-state index is -1.84. The molecule has 82 valence electrons. The SMILES string of the molecule is CCOc1ccc(CC(F)C(=O)O)cc1. The van der Waals surface area contributed by atoms with Crippen LogP contribution in [0.25, 0.3) is 0 Å². The van der Waals surface area contributed by atoms with E-state index in [4.69, 9.17) is 9.84 Å². The molecule has 1 rings (SSSR count). The molecule has 0 heterocycles. The minimum absolute atomic E-state index is 0.109. The molecule has 0 fully saturated rings. The fourth-order valence-electron chi connectivity index (χ4n) is 1.18. The predicted molar refractivity (Wildman–Crippen MR) is 53.8 cm³/mol. The van der Waals surface area contributed by atoms with Crippen molar-refractivity contribution in [1.29, 1.82) is 0 Å². The summed E-state index contributed by atoms with van der Waals surface area (Å²) >= 11 is 0. The third kappa shape index (κ3) is 3.58. The number of alkyl halides is 1. The van der Waals surface area contributed by atoms with Crippen LogP contribution >= 0.6 is 0 Å². The molecular weight excluding hydrogens is 199 g/mol. The maximum atomic E-state index is 12.8. The average Bonchev–Trinajstić information content (AvgIpc) is 2.21. The number of halogens is 1. The van der Waals surface area contributed by atoms with Gasteiger partial charge in [0.25, 0.3) is 0 Å². The van der Waals surface area contributed by atoms with E-state index in [9.17, 15) is 9.18 Å². The van der Waals surface area contributed by atoms with Gasteiger partial charge < -0.3 is 9.84 Å². The summed E-state index contributed by atoms with van der Waals surface area (Å²) in [5, 5.41) is 8.38. The number of aliphatic carboxylic acids is 1. The van der Waals surface area contributed by atoms with Crippen LogP contribution < -0.4 is 4.74 Å². The van der Waals surface area contributed by atoms with Gasteiger partial charge in [0.15, 0.2) is 0 Å². The van der Waals surface area contributed by atoms with Gasteiger partial charge in [-0.1, -0.05) is 12.1 Å². The maximum absolute atomic E-state index is 12.8. The standard InChI is InChI=1S/C11H13FO3/c1-2-15-9-5-3-8(4-6-9)7-10(12)11(13)14/h3-6,10H,2,7H2,1H3,(H,13,14). The van der Waals surface area contributed by atoms with Crippen LogP contribution in [-0.2, 0) is 11.2 Å². The van der Waals surface area contributed by atoms with Gasteiger partial charge in [0.1, 0.15) is 5.75 Å². The molecule has 0 bridgehead atoms. The summed E-state index contributed by atoms with van der Waals surface area (Å²) in [4.78, 5) is 10.3. The lowest BCUT2D eigenvalue weighted by molar-refractivity contribution is -0.142. The second-order valence-corrected chi connectivity index (χ2v) is 3.09. The van der Waals surface area contributed by atoms with Gasteiger partial charge in [-0.2, -0.15) is 0 Å². The van der Waals surface area contributed by atoms with Crippen molar-refractivity contribution < 1.29 is 19.0 Å². The van der Waals surface area contributed by atoms with Crippen molar-refractivity contribution in [3.05, 3.63) is 29.8 Å². The van der Waals surface area contributed by atoms with E-state index in [1.807, 2.05) is 6.92 Å². The first kappa shape index (κ1) is 11.5. The summed E-state index contributed by atoms with van der Waals surface area (Å²) < 4.78 is 18.0. The zero-order valence-corrected chi connectivity index (χ0v) is 8.44. The molecule has 1 atom stereocenters. The van der Waals surface area contributed by atoms with Crippen LogP contribution in [0.5, 0.6) is 5.75 Å². The summed E-state index contributed by atoms with van der Waals surface area (Å²) in [5.74, 6) is -0.726. The molecule has 0 radical (unpaired) electrons. The van der Waals surface area contributed by atoms with Crippen LogP contribution in [-0.4, -0.2) is 23.9 Å². The first-order chi connectivity index (χ1) is 7.13. The molecule has 0 aliphatic heterocycles. The molecule has 0 spiro atoms. The molecule has 0 amide bonds. The van der Waals surface area contributed by atoms with Gasteiger partial charge in [-0.3, -0.25) is 0 Å². The van der Waals surface area contributed by atoms with Gasteiger partial charge in [-0.05, 0) is 24.6 Å². The van der Waals surface area contributed by atoms with Crippen molar-refractivity contribution in [2.45, 2.75) is 19.5 Å². The van der Waals surface area contributed by atoms with Gasteiger partial charge in [-0.15, -0.1) is 0 Å². The molecule has 0 saturated heterocycles. The molecule has 0 aliphatic carbocycles. The molecule has 3 nitrogen and oxygen atoms in total. The van der Waals surface area contributed by atoms with Crippen LogP contribution in [0.1, 0.15) is 12.5 Å². The van der Waals surface area contributed by atoms with Crippen molar-refractivity contribution in [1.82, 2.24) is 0 Å². The monoisotopic (exact) mass is 212 g/mol. The van der Waals surface area contributed by atoms with E-state index in [1.54, 1.807) is 24.3 Å². The fourth-order valence-corrected chi connectivity index (χ4v) is 1.18. The van der Waals surface area contributed by atoms with Crippen LogP contribution in [0.2, 0.25) is 0 Å².